The summed E-state index contributed by atoms with van der Waals surface area (Å²) >= 11 is 0. The number of carbonyl (C=O) groups is 3. The highest BCUT2D eigenvalue weighted by molar-refractivity contribution is 5.90. The summed E-state index contributed by atoms with van der Waals surface area (Å²) in [6, 6.07) is 20.0. The van der Waals surface area contributed by atoms with E-state index in [4.69, 9.17) is 14.2 Å². The first-order valence-electron chi connectivity index (χ1n) is 12.0. The van der Waals surface area contributed by atoms with Gasteiger partial charge in [-0.25, -0.2) is 9.59 Å². The number of amides is 2. The number of hydrogen-bond donors (Lipinski definition) is 2. The van der Waals surface area contributed by atoms with Gasteiger partial charge < -0.3 is 24.8 Å². The number of ether oxygens (including phenoxy) is 3. The Balaban J connectivity index is 1.77. The van der Waals surface area contributed by atoms with Crippen molar-refractivity contribution in [1.29, 1.82) is 0 Å². The van der Waals surface area contributed by atoms with E-state index in [1.165, 1.54) is 26.4 Å². The van der Waals surface area contributed by atoms with E-state index in [1.54, 1.807) is 42.5 Å². The van der Waals surface area contributed by atoms with Crippen LogP contribution in [-0.4, -0.2) is 49.2 Å². The average molecular weight is 536 g/mol. The van der Waals surface area contributed by atoms with Crippen molar-refractivity contribution in [2.24, 2.45) is 0 Å². The zero-order valence-corrected chi connectivity index (χ0v) is 21.5. The van der Waals surface area contributed by atoms with E-state index in [-0.39, 0.29) is 30.9 Å². The molecule has 3 aromatic carbocycles. The number of benzene rings is 3. The smallest absolute Gasteiger partial charge is 0.408 e. The Morgan fingerprint density at radius 3 is 2.03 bits per heavy atom. The molecular weight excluding hydrogens is 506 g/mol. The number of hydrogen-bond acceptors (Lipinski definition) is 8. The van der Waals surface area contributed by atoms with E-state index in [0.717, 1.165) is 11.1 Å². The van der Waals surface area contributed by atoms with Crippen molar-refractivity contribution in [2.45, 2.75) is 31.5 Å². The molecule has 3 rings (SSSR count). The van der Waals surface area contributed by atoms with Crippen LogP contribution in [0.25, 0.3) is 0 Å². The molecule has 0 aliphatic rings. The minimum atomic E-state index is -1.18. The van der Waals surface area contributed by atoms with Crippen LogP contribution in [0.3, 0.4) is 0 Å². The Hall–Kier alpha value is -4.93. The summed E-state index contributed by atoms with van der Waals surface area (Å²) in [4.78, 5) is 49.3. The van der Waals surface area contributed by atoms with E-state index in [2.05, 4.69) is 10.6 Å². The molecule has 11 nitrogen and oxygen atoms in total. The van der Waals surface area contributed by atoms with Crippen molar-refractivity contribution in [3.05, 3.63) is 106 Å². The molecule has 0 unspecified atom stereocenters. The Morgan fingerprint density at radius 2 is 1.44 bits per heavy atom. The summed E-state index contributed by atoms with van der Waals surface area (Å²) in [5.74, 6) is -1.36. The van der Waals surface area contributed by atoms with Gasteiger partial charge in [0.1, 0.15) is 18.7 Å². The lowest BCUT2D eigenvalue weighted by atomic mass is 10.0. The second-order valence-corrected chi connectivity index (χ2v) is 8.50. The molecular formula is C28H29N3O8. The number of nitrogens with one attached hydrogen (secondary N) is 2. The van der Waals surface area contributed by atoms with Crippen molar-refractivity contribution < 1.29 is 33.5 Å². The SMILES string of the molecule is COC(=O)[C@H](Cc1ccc(OC)c([N+](=O)[O-])c1)NC(=O)[C@@H](Cc1ccccc1)NC(=O)OCc1ccccc1. The molecule has 0 aromatic heterocycles. The molecule has 0 saturated heterocycles. The number of nitrogens with zero attached hydrogens (tertiary/aromatic N) is 1. The minimum absolute atomic E-state index is 0.00733. The van der Waals surface area contributed by atoms with E-state index < -0.39 is 35.0 Å². The summed E-state index contributed by atoms with van der Waals surface area (Å²) < 4.78 is 15.1. The number of methoxy groups -OCH3 is 2. The van der Waals surface area contributed by atoms with Crippen LogP contribution >= 0.6 is 0 Å². The summed E-state index contributed by atoms with van der Waals surface area (Å²) in [5.41, 5.74) is 1.65. The maximum atomic E-state index is 13.3. The molecule has 2 amide bonds. The third-order valence-corrected chi connectivity index (χ3v) is 5.79. The lowest BCUT2D eigenvalue weighted by Crippen LogP contribution is -2.53. The Morgan fingerprint density at radius 1 is 0.821 bits per heavy atom. The maximum absolute atomic E-state index is 13.3. The normalized spacial score (nSPS) is 11.9. The minimum Gasteiger partial charge on any atom is -0.490 e. The fraction of sp³-hybridized carbons (Fsp3) is 0.250. The lowest BCUT2D eigenvalue weighted by molar-refractivity contribution is -0.385. The standard InChI is InChI=1S/C28H29N3O8/c1-37-25-14-13-21(17-24(25)31(35)36)16-23(27(33)38-2)29-26(32)22(15-19-9-5-3-6-10-19)30-28(34)39-18-20-11-7-4-8-12-20/h3-14,17,22-23H,15-16,18H2,1-2H3,(H,29,32)(H,30,34)/t22-,23+/m1/s1. The average Bonchev–Trinajstić information content (AvgIpc) is 2.95. The first-order valence-corrected chi connectivity index (χ1v) is 12.0. The molecule has 3 aromatic rings. The molecule has 0 aliphatic carbocycles. The third-order valence-electron chi connectivity index (χ3n) is 5.79. The summed E-state index contributed by atoms with van der Waals surface area (Å²) in [5, 5.41) is 16.6. The van der Waals surface area contributed by atoms with Gasteiger partial charge in [0.2, 0.25) is 5.91 Å². The van der Waals surface area contributed by atoms with E-state index in [0.29, 0.717) is 5.56 Å². The Labute approximate surface area is 225 Å². The van der Waals surface area contributed by atoms with Crippen LogP contribution in [0, 0.1) is 10.1 Å². The highest BCUT2D eigenvalue weighted by Crippen LogP contribution is 2.28. The highest BCUT2D eigenvalue weighted by atomic mass is 16.6. The van der Waals surface area contributed by atoms with Crippen molar-refractivity contribution in [3.63, 3.8) is 0 Å². The zero-order chi connectivity index (χ0) is 28.2. The van der Waals surface area contributed by atoms with Crippen LogP contribution in [0.15, 0.2) is 78.9 Å². The van der Waals surface area contributed by atoms with Gasteiger partial charge in [0, 0.05) is 18.9 Å². The fourth-order valence-corrected chi connectivity index (χ4v) is 3.81. The molecule has 0 radical (unpaired) electrons. The van der Waals surface area contributed by atoms with Crippen molar-refractivity contribution in [1.82, 2.24) is 10.6 Å². The highest BCUT2D eigenvalue weighted by Gasteiger charge is 2.29. The van der Waals surface area contributed by atoms with E-state index in [9.17, 15) is 24.5 Å². The molecule has 0 bridgehead atoms. The molecule has 2 atom stereocenters. The summed E-state index contributed by atoms with van der Waals surface area (Å²) in [7, 11) is 2.48. The fourth-order valence-electron chi connectivity index (χ4n) is 3.81. The summed E-state index contributed by atoms with van der Waals surface area (Å²) in [6.45, 7) is 0.00733. The van der Waals surface area contributed by atoms with Crippen LogP contribution in [0.4, 0.5) is 10.5 Å². The molecule has 2 N–H and O–H groups in total. The predicted molar refractivity (Wildman–Crippen MR) is 141 cm³/mol. The second kappa shape index (κ2) is 14.1. The quantitative estimate of drug-likeness (QED) is 0.204. The molecule has 0 fully saturated rings. The van der Waals surface area contributed by atoms with Crippen LogP contribution in [0.5, 0.6) is 5.75 Å². The molecule has 0 spiro atoms. The van der Waals surface area contributed by atoms with Crippen LogP contribution in [0.2, 0.25) is 0 Å². The van der Waals surface area contributed by atoms with Crippen molar-refractivity contribution >= 4 is 23.7 Å². The van der Waals surface area contributed by atoms with Gasteiger partial charge in [-0.3, -0.25) is 14.9 Å². The first-order chi connectivity index (χ1) is 18.8. The lowest BCUT2D eigenvalue weighted by Gasteiger charge is -2.22. The van der Waals surface area contributed by atoms with Gasteiger partial charge >= 0.3 is 17.7 Å². The van der Waals surface area contributed by atoms with Gasteiger partial charge in [0.05, 0.1) is 19.1 Å². The van der Waals surface area contributed by atoms with Crippen molar-refractivity contribution in [2.75, 3.05) is 14.2 Å². The molecule has 0 saturated carbocycles. The molecule has 0 heterocycles. The van der Waals surface area contributed by atoms with Gasteiger partial charge in [-0.2, -0.15) is 0 Å². The maximum Gasteiger partial charge on any atom is 0.408 e. The summed E-state index contributed by atoms with van der Waals surface area (Å²) in [6.07, 6.45) is -0.787. The monoisotopic (exact) mass is 535 g/mol. The Kier molecular flexibility index (Phi) is 10.4. The predicted octanol–water partition coefficient (Wildman–Crippen LogP) is 3.34. The van der Waals surface area contributed by atoms with Gasteiger partial charge in [0.15, 0.2) is 5.75 Å². The van der Waals surface area contributed by atoms with Gasteiger partial charge in [-0.1, -0.05) is 66.7 Å². The van der Waals surface area contributed by atoms with Crippen LogP contribution < -0.4 is 15.4 Å². The van der Waals surface area contributed by atoms with Crippen LogP contribution in [-0.2, 0) is 38.5 Å². The number of rotatable bonds is 12. The van der Waals surface area contributed by atoms with Crippen LogP contribution in [0.1, 0.15) is 16.7 Å². The van der Waals surface area contributed by atoms with Gasteiger partial charge in [-0.15, -0.1) is 0 Å². The topological polar surface area (TPSA) is 146 Å². The second-order valence-electron chi connectivity index (χ2n) is 8.50. The number of nitro benzene ring substituents is 1. The van der Waals surface area contributed by atoms with Gasteiger partial charge in [-0.05, 0) is 22.8 Å². The molecule has 0 aliphatic heterocycles. The molecule has 11 heteroatoms. The number of alkyl carbamates (subject to hydrolysis) is 1. The number of carbonyl (C=O) groups excluding carboxylic acids is 3. The largest absolute Gasteiger partial charge is 0.490 e. The third kappa shape index (κ3) is 8.56. The number of nitro groups is 1. The van der Waals surface area contributed by atoms with Crippen molar-refractivity contribution in [3.8, 4) is 5.75 Å². The zero-order valence-electron chi connectivity index (χ0n) is 21.5. The first kappa shape index (κ1) is 28.6. The number of esters is 1. The van der Waals surface area contributed by atoms with Gasteiger partial charge in [0.25, 0.3) is 0 Å². The van der Waals surface area contributed by atoms with E-state index >= 15 is 0 Å². The van der Waals surface area contributed by atoms with E-state index in [1.807, 2.05) is 24.3 Å². The Bertz CT molecular complexity index is 1280. The molecule has 39 heavy (non-hydrogen) atoms. The molecule has 204 valence electrons.